The molecule has 39 heavy (non-hydrogen) atoms. The molecular formula is C33H40N2O4. The first-order chi connectivity index (χ1) is 18.9. The average molecular weight is 529 g/mol. The Balaban J connectivity index is 1.46. The second kappa shape index (κ2) is 10.3. The molecule has 1 aromatic rings. The van der Waals surface area contributed by atoms with Crippen LogP contribution in [0.15, 0.2) is 52.2 Å². The monoisotopic (exact) mass is 528 g/mol. The van der Waals surface area contributed by atoms with Gasteiger partial charge in [0, 0.05) is 24.7 Å². The number of carbonyl (C=O) groups is 1. The summed E-state index contributed by atoms with van der Waals surface area (Å²) in [5.74, 6) is 7.35. The predicted octanol–water partition coefficient (Wildman–Crippen LogP) is 5.56. The minimum absolute atomic E-state index is 0.139. The van der Waals surface area contributed by atoms with E-state index in [2.05, 4.69) is 59.2 Å². The second-order valence-electron chi connectivity index (χ2n) is 12.4. The van der Waals surface area contributed by atoms with Gasteiger partial charge in [0.1, 0.15) is 18.4 Å². The minimum atomic E-state index is -0.724. The molecule has 4 aliphatic carbocycles. The highest BCUT2D eigenvalue weighted by Crippen LogP contribution is 2.69. The second-order valence-corrected chi connectivity index (χ2v) is 12.4. The van der Waals surface area contributed by atoms with E-state index in [-0.39, 0.29) is 29.8 Å². The highest BCUT2D eigenvalue weighted by molar-refractivity contribution is 5.87. The molecule has 5 aliphatic rings. The van der Waals surface area contributed by atoms with Gasteiger partial charge in [-0.05, 0) is 98.0 Å². The van der Waals surface area contributed by atoms with Gasteiger partial charge in [-0.1, -0.05) is 47.7 Å². The van der Waals surface area contributed by atoms with Crippen LogP contribution in [-0.4, -0.2) is 49.8 Å². The molecule has 0 bridgehead atoms. The fourth-order valence-electron chi connectivity index (χ4n) is 8.99. The van der Waals surface area contributed by atoms with Gasteiger partial charge in [0.25, 0.3) is 0 Å². The van der Waals surface area contributed by atoms with Gasteiger partial charge in [-0.15, -0.1) is 0 Å². The van der Waals surface area contributed by atoms with Crippen LogP contribution < -0.4 is 4.90 Å². The van der Waals surface area contributed by atoms with Crippen LogP contribution in [0.4, 0.5) is 5.69 Å². The van der Waals surface area contributed by atoms with Crippen LogP contribution >= 0.6 is 0 Å². The summed E-state index contributed by atoms with van der Waals surface area (Å²) in [5.41, 5.74) is 5.86. The summed E-state index contributed by atoms with van der Waals surface area (Å²) >= 11 is 0. The average Bonchev–Trinajstić information content (AvgIpc) is 3.28. The third-order valence-corrected chi connectivity index (χ3v) is 10.8. The van der Waals surface area contributed by atoms with Crippen molar-refractivity contribution in [2.24, 2.45) is 27.8 Å². The molecule has 6 heteroatoms. The van der Waals surface area contributed by atoms with Crippen LogP contribution in [0.25, 0.3) is 0 Å². The number of fused-ring (bicyclic) bond motifs is 4. The molecule has 1 aliphatic heterocycles. The normalized spacial score (nSPS) is 35.7. The largest absolute Gasteiger partial charge is 0.384 e. The van der Waals surface area contributed by atoms with Crippen molar-refractivity contribution in [1.82, 2.24) is 0 Å². The lowest BCUT2D eigenvalue weighted by Crippen LogP contribution is -2.50. The number of rotatable bonds is 4. The summed E-state index contributed by atoms with van der Waals surface area (Å²) in [6, 6.07) is 8.88. The van der Waals surface area contributed by atoms with E-state index in [4.69, 9.17) is 4.74 Å². The maximum Gasteiger partial charge on any atom is 0.148 e. The summed E-state index contributed by atoms with van der Waals surface area (Å²) < 4.78 is 5.55. The Morgan fingerprint density at radius 1 is 1.15 bits per heavy atom. The maximum absolute atomic E-state index is 13.4. The van der Waals surface area contributed by atoms with E-state index in [0.29, 0.717) is 11.8 Å². The van der Waals surface area contributed by atoms with Gasteiger partial charge in [-0.25, -0.2) is 0 Å². The lowest BCUT2D eigenvalue weighted by atomic mass is 9.48. The molecule has 3 fully saturated rings. The number of allylic oxidation sites excluding steroid dienone is 3. The number of aliphatic hydroxyl groups is 1. The van der Waals surface area contributed by atoms with Gasteiger partial charge in [-0.3, -0.25) is 4.79 Å². The zero-order valence-corrected chi connectivity index (χ0v) is 23.2. The number of nitroso groups, excluding NO2 is 1. The number of hydrogen-bond acceptors (Lipinski definition) is 6. The molecule has 0 radical (unpaired) electrons. The molecule has 0 aromatic heterocycles. The van der Waals surface area contributed by atoms with Crippen LogP contribution in [0.3, 0.4) is 0 Å². The van der Waals surface area contributed by atoms with Gasteiger partial charge in [0.2, 0.25) is 0 Å². The maximum atomic E-state index is 13.4. The molecule has 206 valence electrons. The van der Waals surface area contributed by atoms with Crippen molar-refractivity contribution in [2.45, 2.75) is 70.8 Å². The number of morpholine rings is 1. The number of nitrogens with zero attached hydrogens (tertiary/aromatic N) is 2. The number of benzene rings is 1. The number of ketones is 1. The van der Waals surface area contributed by atoms with Crippen molar-refractivity contribution in [2.75, 3.05) is 37.8 Å². The number of anilines is 1. The van der Waals surface area contributed by atoms with E-state index in [9.17, 15) is 14.8 Å². The molecule has 6 nitrogen and oxygen atoms in total. The summed E-state index contributed by atoms with van der Waals surface area (Å²) in [7, 11) is 0. The first-order valence-corrected chi connectivity index (χ1v) is 14.7. The van der Waals surface area contributed by atoms with Crippen LogP contribution in [0.5, 0.6) is 0 Å². The highest BCUT2D eigenvalue weighted by Gasteiger charge is 2.64. The summed E-state index contributed by atoms with van der Waals surface area (Å²) in [6.45, 7) is 7.13. The van der Waals surface area contributed by atoms with Gasteiger partial charge >= 0.3 is 0 Å². The molecule has 6 atom stereocenters. The van der Waals surface area contributed by atoms with Crippen LogP contribution in [0.1, 0.15) is 70.3 Å². The van der Waals surface area contributed by atoms with E-state index in [1.807, 2.05) is 0 Å². The van der Waals surface area contributed by atoms with E-state index in [1.165, 1.54) is 22.4 Å². The molecule has 1 N–H and O–H groups in total. The summed E-state index contributed by atoms with van der Waals surface area (Å²) in [5, 5.41) is 13.0. The first-order valence-electron chi connectivity index (χ1n) is 14.7. The van der Waals surface area contributed by atoms with E-state index < -0.39 is 5.41 Å². The molecule has 0 amide bonds. The van der Waals surface area contributed by atoms with Crippen molar-refractivity contribution in [3.63, 3.8) is 0 Å². The number of carbonyl (C=O) groups excluding carboxylic acids is 1. The van der Waals surface area contributed by atoms with Gasteiger partial charge in [0.05, 0.1) is 18.6 Å². The van der Waals surface area contributed by atoms with Crippen LogP contribution in [0.2, 0.25) is 0 Å². The smallest absolute Gasteiger partial charge is 0.148 e. The molecule has 1 heterocycles. The molecule has 1 saturated heterocycles. The Hall–Kier alpha value is -2.75. The van der Waals surface area contributed by atoms with E-state index >= 15 is 0 Å². The summed E-state index contributed by atoms with van der Waals surface area (Å²) in [4.78, 5) is 27.2. The van der Waals surface area contributed by atoms with Gasteiger partial charge in [-0.2, -0.15) is 4.91 Å². The third-order valence-electron chi connectivity index (χ3n) is 10.8. The van der Waals surface area contributed by atoms with Crippen molar-refractivity contribution in [3.8, 4) is 11.8 Å². The van der Waals surface area contributed by atoms with Crippen LogP contribution in [0, 0.1) is 39.4 Å². The molecule has 1 aromatic carbocycles. The fraction of sp³-hybridized carbons (Fsp3) is 0.606. The molecule has 6 rings (SSSR count). The number of aliphatic hydroxyl groups excluding tert-OH is 1. The van der Waals surface area contributed by atoms with Gasteiger partial charge in [0.15, 0.2) is 0 Å². The summed E-state index contributed by atoms with van der Waals surface area (Å²) in [6.07, 6.45) is 8.44. The Morgan fingerprint density at radius 2 is 1.92 bits per heavy atom. The quantitative estimate of drug-likeness (QED) is 0.409. The first kappa shape index (κ1) is 26.5. The molecule has 2 saturated carbocycles. The lowest BCUT2D eigenvalue weighted by molar-refractivity contribution is -0.130. The van der Waals surface area contributed by atoms with E-state index in [0.717, 1.165) is 71.2 Å². The van der Waals surface area contributed by atoms with Crippen LogP contribution in [-0.2, 0) is 9.53 Å². The number of Topliss-reactive ketones (excluding diaryl/α,β-unsaturated/α-hetero) is 1. The predicted molar refractivity (Wildman–Crippen MR) is 152 cm³/mol. The minimum Gasteiger partial charge on any atom is -0.384 e. The SMILES string of the molecule is CC(=O)[C@@]1(C#CCO)CC[C@H]2[C@@H]3CCC4=CC(N=O)CCC4=C3C(c3ccc(N4CCOCC4)cc3)C[C@@]21C. The lowest BCUT2D eigenvalue weighted by Gasteiger charge is -2.54. The Bertz CT molecular complexity index is 1260. The molecular weight excluding hydrogens is 488 g/mol. The van der Waals surface area contributed by atoms with Crippen molar-refractivity contribution in [1.29, 1.82) is 0 Å². The van der Waals surface area contributed by atoms with E-state index in [1.54, 1.807) is 12.5 Å². The van der Waals surface area contributed by atoms with Crippen molar-refractivity contribution in [3.05, 3.63) is 57.5 Å². The number of hydrogen-bond donors (Lipinski definition) is 1. The Morgan fingerprint density at radius 3 is 2.62 bits per heavy atom. The zero-order valence-electron chi connectivity index (χ0n) is 23.2. The van der Waals surface area contributed by atoms with Crippen molar-refractivity contribution < 1.29 is 14.6 Å². The molecule has 2 unspecified atom stereocenters. The Kier molecular flexibility index (Phi) is 7.02. The Labute approximate surface area is 231 Å². The topological polar surface area (TPSA) is 79.2 Å². The number of ether oxygens (including phenoxy) is 1. The van der Waals surface area contributed by atoms with Gasteiger partial charge < -0.3 is 14.7 Å². The van der Waals surface area contributed by atoms with Crippen molar-refractivity contribution >= 4 is 11.5 Å². The highest BCUT2D eigenvalue weighted by atomic mass is 16.5. The third kappa shape index (κ3) is 4.21. The zero-order chi connectivity index (χ0) is 27.2. The standard InChI is InChI=1S/C33H40N2O4/c1-22(37)33(13-3-17-36)14-12-30-28-10-6-24-20-25(34-38)7-11-27(24)31(28)29(21-32(30,33)2)23-4-8-26(9-5-23)35-15-18-39-19-16-35/h4-5,8-9,20,25,28-30,36H,6-7,10-12,14-19,21H2,1-2H3/t25?,28-,29?,30-,32-,33+/m0/s1. The fourth-order valence-corrected chi connectivity index (χ4v) is 8.99. The molecule has 0 spiro atoms.